The molecule has 4 rings (SSSR count). The van der Waals surface area contributed by atoms with Gasteiger partial charge in [-0.3, -0.25) is 0 Å². The molecule has 1 spiro atoms. The summed E-state index contributed by atoms with van der Waals surface area (Å²) in [6.45, 7) is 1.78. The highest BCUT2D eigenvalue weighted by molar-refractivity contribution is 5.59. The molecule has 114 valence electrons. The van der Waals surface area contributed by atoms with E-state index in [1.807, 2.05) is 0 Å². The molecule has 3 aliphatic rings. The van der Waals surface area contributed by atoms with Crippen LogP contribution in [0.1, 0.15) is 50.5 Å². The van der Waals surface area contributed by atoms with Crippen molar-refractivity contribution in [1.29, 1.82) is 0 Å². The van der Waals surface area contributed by atoms with Crippen LogP contribution in [-0.4, -0.2) is 24.9 Å². The van der Waals surface area contributed by atoms with Gasteiger partial charge in [-0.05, 0) is 50.7 Å². The Morgan fingerprint density at radius 2 is 2.10 bits per heavy atom. The van der Waals surface area contributed by atoms with Gasteiger partial charge in [0, 0.05) is 17.8 Å². The van der Waals surface area contributed by atoms with E-state index in [9.17, 15) is 0 Å². The number of rotatable bonds is 3. The lowest BCUT2D eigenvalue weighted by Gasteiger charge is -2.25. The second-order valence-electron chi connectivity index (χ2n) is 6.79. The Kier molecular flexibility index (Phi) is 3.54. The standard InChI is InChI=1S/C18H25NO2/c1-2-10-18(9-1)11-8-14(21-18)13-20-17-7-3-6-16-15(17)5-4-12-19-16/h3,6-7,14,19H,1-2,4-5,8-13H2. The topological polar surface area (TPSA) is 30.5 Å². The zero-order chi connectivity index (χ0) is 14.1. The van der Waals surface area contributed by atoms with Gasteiger partial charge in [-0.15, -0.1) is 0 Å². The van der Waals surface area contributed by atoms with Crippen LogP contribution in [0, 0.1) is 0 Å². The van der Waals surface area contributed by atoms with E-state index >= 15 is 0 Å². The van der Waals surface area contributed by atoms with Gasteiger partial charge in [0.1, 0.15) is 12.4 Å². The molecule has 2 fully saturated rings. The fourth-order valence-corrected chi connectivity index (χ4v) is 4.20. The highest BCUT2D eigenvalue weighted by atomic mass is 16.6. The van der Waals surface area contributed by atoms with Crippen LogP contribution in [0.4, 0.5) is 5.69 Å². The molecule has 1 N–H and O–H groups in total. The molecule has 2 aliphatic heterocycles. The summed E-state index contributed by atoms with van der Waals surface area (Å²) in [6, 6.07) is 6.34. The Morgan fingerprint density at radius 1 is 1.19 bits per heavy atom. The summed E-state index contributed by atoms with van der Waals surface area (Å²) in [4.78, 5) is 0. The van der Waals surface area contributed by atoms with Crippen molar-refractivity contribution in [3.63, 3.8) is 0 Å². The average Bonchev–Trinajstić information content (AvgIpc) is 3.15. The Labute approximate surface area is 127 Å². The highest BCUT2D eigenvalue weighted by Gasteiger charge is 2.42. The quantitative estimate of drug-likeness (QED) is 0.914. The molecule has 1 saturated carbocycles. The summed E-state index contributed by atoms with van der Waals surface area (Å²) in [5.41, 5.74) is 2.81. The van der Waals surface area contributed by atoms with Gasteiger partial charge in [-0.25, -0.2) is 0 Å². The number of hydrogen-bond donors (Lipinski definition) is 1. The molecule has 1 aromatic rings. The molecule has 0 amide bonds. The molecule has 1 unspecified atom stereocenters. The molecule has 0 radical (unpaired) electrons. The summed E-state index contributed by atoms with van der Waals surface area (Å²) >= 11 is 0. The SMILES string of the molecule is c1cc2c(c(OCC3CCC4(CCCC4)O3)c1)CCCN2. The van der Waals surface area contributed by atoms with Crippen molar-refractivity contribution in [2.24, 2.45) is 0 Å². The maximum atomic E-state index is 6.34. The minimum Gasteiger partial charge on any atom is -0.491 e. The van der Waals surface area contributed by atoms with Crippen LogP contribution in [0.15, 0.2) is 18.2 Å². The van der Waals surface area contributed by atoms with E-state index in [0.717, 1.165) is 25.1 Å². The van der Waals surface area contributed by atoms with Crippen LogP contribution >= 0.6 is 0 Å². The van der Waals surface area contributed by atoms with Crippen molar-refractivity contribution < 1.29 is 9.47 Å². The van der Waals surface area contributed by atoms with Gasteiger partial charge in [0.25, 0.3) is 0 Å². The van der Waals surface area contributed by atoms with Crippen molar-refractivity contribution in [1.82, 2.24) is 0 Å². The van der Waals surface area contributed by atoms with E-state index in [0.29, 0.717) is 6.61 Å². The first-order chi connectivity index (χ1) is 10.3. The van der Waals surface area contributed by atoms with E-state index < -0.39 is 0 Å². The van der Waals surface area contributed by atoms with Crippen molar-refractivity contribution >= 4 is 5.69 Å². The second kappa shape index (κ2) is 5.53. The molecule has 3 heteroatoms. The highest BCUT2D eigenvalue weighted by Crippen LogP contribution is 2.43. The van der Waals surface area contributed by atoms with Crippen molar-refractivity contribution in [2.45, 2.75) is 63.1 Å². The number of anilines is 1. The third kappa shape index (κ3) is 2.64. The number of fused-ring (bicyclic) bond motifs is 1. The molecule has 1 atom stereocenters. The first kappa shape index (κ1) is 13.4. The lowest BCUT2D eigenvalue weighted by Crippen LogP contribution is -2.27. The van der Waals surface area contributed by atoms with E-state index in [4.69, 9.17) is 9.47 Å². The Bertz CT molecular complexity index is 508. The van der Waals surface area contributed by atoms with Gasteiger partial charge in [0.2, 0.25) is 0 Å². The maximum absolute atomic E-state index is 6.34. The van der Waals surface area contributed by atoms with Gasteiger partial charge >= 0.3 is 0 Å². The Hall–Kier alpha value is -1.22. The molecule has 21 heavy (non-hydrogen) atoms. The summed E-state index contributed by atoms with van der Waals surface area (Å²) in [7, 11) is 0. The third-order valence-electron chi connectivity index (χ3n) is 5.33. The first-order valence-electron chi connectivity index (χ1n) is 8.51. The predicted octanol–water partition coefficient (Wildman–Crippen LogP) is 3.92. The molecular formula is C18H25NO2. The van der Waals surface area contributed by atoms with Crippen molar-refractivity contribution in [3.05, 3.63) is 23.8 Å². The van der Waals surface area contributed by atoms with E-state index in [2.05, 4.69) is 23.5 Å². The molecule has 0 bridgehead atoms. The van der Waals surface area contributed by atoms with Gasteiger partial charge in [0.05, 0.1) is 11.7 Å². The molecule has 1 aliphatic carbocycles. The van der Waals surface area contributed by atoms with Crippen LogP contribution in [-0.2, 0) is 11.2 Å². The largest absolute Gasteiger partial charge is 0.491 e. The average molecular weight is 287 g/mol. The summed E-state index contributed by atoms with van der Waals surface area (Å²) in [5.74, 6) is 1.05. The zero-order valence-electron chi connectivity index (χ0n) is 12.7. The molecule has 2 heterocycles. The van der Waals surface area contributed by atoms with Crippen LogP contribution in [0.5, 0.6) is 5.75 Å². The second-order valence-corrected chi connectivity index (χ2v) is 6.79. The predicted molar refractivity (Wildman–Crippen MR) is 84.1 cm³/mol. The fraction of sp³-hybridized carbons (Fsp3) is 0.667. The van der Waals surface area contributed by atoms with Crippen LogP contribution in [0.3, 0.4) is 0 Å². The molecule has 1 saturated heterocycles. The van der Waals surface area contributed by atoms with Gasteiger partial charge in [0.15, 0.2) is 0 Å². The molecule has 3 nitrogen and oxygen atoms in total. The van der Waals surface area contributed by atoms with Crippen LogP contribution in [0.25, 0.3) is 0 Å². The molecule has 0 aromatic heterocycles. The van der Waals surface area contributed by atoms with E-state index in [1.54, 1.807) is 0 Å². The van der Waals surface area contributed by atoms with Gasteiger partial charge < -0.3 is 14.8 Å². The maximum Gasteiger partial charge on any atom is 0.124 e. The Balaban J connectivity index is 1.39. The van der Waals surface area contributed by atoms with Gasteiger partial charge in [-0.1, -0.05) is 18.9 Å². The van der Waals surface area contributed by atoms with E-state index in [1.165, 1.54) is 49.8 Å². The number of nitrogens with one attached hydrogen (secondary N) is 1. The third-order valence-corrected chi connectivity index (χ3v) is 5.33. The normalized spacial score (nSPS) is 26.6. The summed E-state index contributed by atoms with van der Waals surface area (Å²) in [6.07, 6.45) is 10.2. The lowest BCUT2D eigenvalue weighted by molar-refractivity contribution is -0.0509. The Morgan fingerprint density at radius 3 is 3.00 bits per heavy atom. The van der Waals surface area contributed by atoms with Crippen LogP contribution in [0.2, 0.25) is 0 Å². The number of hydrogen-bond acceptors (Lipinski definition) is 3. The zero-order valence-corrected chi connectivity index (χ0v) is 12.7. The van der Waals surface area contributed by atoms with Crippen molar-refractivity contribution in [2.75, 3.05) is 18.5 Å². The first-order valence-corrected chi connectivity index (χ1v) is 8.51. The lowest BCUT2D eigenvalue weighted by atomic mass is 9.98. The number of benzene rings is 1. The monoisotopic (exact) mass is 287 g/mol. The summed E-state index contributed by atoms with van der Waals surface area (Å²) in [5, 5.41) is 3.46. The van der Waals surface area contributed by atoms with Crippen molar-refractivity contribution in [3.8, 4) is 5.75 Å². The smallest absolute Gasteiger partial charge is 0.124 e. The minimum atomic E-state index is 0.214. The summed E-state index contributed by atoms with van der Waals surface area (Å²) < 4.78 is 12.5. The molecular weight excluding hydrogens is 262 g/mol. The van der Waals surface area contributed by atoms with E-state index in [-0.39, 0.29) is 11.7 Å². The minimum absolute atomic E-state index is 0.214. The van der Waals surface area contributed by atoms with Crippen LogP contribution < -0.4 is 10.1 Å². The molecule has 1 aromatic carbocycles. The fourth-order valence-electron chi connectivity index (χ4n) is 4.20. The van der Waals surface area contributed by atoms with Gasteiger partial charge in [-0.2, -0.15) is 0 Å². The number of ether oxygens (including phenoxy) is 2.